The van der Waals surface area contributed by atoms with Gasteiger partial charge in [0.05, 0.1) is 16.2 Å². The quantitative estimate of drug-likeness (QED) is 0.718. The van der Waals surface area contributed by atoms with Crippen LogP contribution in [0.3, 0.4) is 0 Å². The zero-order valence-corrected chi connectivity index (χ0v) is 13.8. The molecule has 0 atom stereocenters. The van der Waals surface area contributed by atoms with E-state index in [1.165, 1.54) is 0 Å². The molecule has 4 heteroatoms. The molecule has 0 aliphatic rings. The minimum atomic E-state index is -0.00421. The molecule has 0 unspecified atom stereocenters. The first kappa shape index (κ1) is 15.5. The van der Waals surface area contributed by atoms with Gasteiger partial charge in [-0.25, -0.2) is 4.98 Å². The molecular weight excluding hydrogens is 308 g/mol. The summed E-state index contributed by atoms with van der Waals surface area (Å²) in [5.74, 6) is -0.00421. The van der Waals surface area contributed by atoms with E-state index in [0.29, 0.717) is 11.4 Å². The highest BCUT2D eigenvalue weighted by Crippen LogP contribution is 2.33. The van der Waals surface area contributed by atoms with Crippen LogP contribution in [0.15, 0.2) is 48.5 Å². The topological polar surface area (TPSA) is 42.0 Å². The van der Waals surface area contributed by atoms with Crippen molar-refractivity contribution in [2.24, 2.45) is 0 Å². The Morgan fingerprint density at radius 3 is 2.52 bits per heavy atom. The van der Waals surface area contributed by atoms with E-state index in [-0.39, 0.29) is 5.91 Å². The number of nitrogens with zero attached hydrogens (tertiary/aromatic N) is 1. The van der Waals surface area contributed by atoms with E-state index in [1.807, 2.05) is 62.4 Å². The highest BCUT2D eigenvalue weighted by molar-refractivity contribution is 6.34. The first-order chi connectivity index (χ1) is 11.1. The van der Waals surface area contributed by atoms with Crippen LogP contribution in [0.4, 0.5) is 5.69 Å². The average molecular weight is 325 g/mol. The molecule has 1 heterocycles. The van der Waals surface area contributed by atoms with E-state index in [0.717, 1.165) is 33.4 Å². The molecule has 0 saturated carbocycles. The number of para-hydroxylation sites is 1. The van der Waals surface area contributed by atoms with Gasteiger partial charge in [-0.2, -0.15) is 0 Å². The second-order valence-electron chi connectivity index (χ2n) is 5.40. The van der Waals surface area contributed by atoms with Crippen LogP contribution in [-0.4, -0.2) is 10.9 Å². The van der Waals surface area contributed by atoms with Gasteiger partial charge in [0.2, 0.25) is 5.91 Å². The molecule has 2 aromatic carbocycles. The van der Waals surface area contributed by atoms with Crippen LogP contribution < -0.4 is 5.32 Å². The van der Waals surface area contributed by atoms with Gasteiger partial charge in [0.1, 0.15) is 0 Å². The van der Waals surface area contributed by atoms with E-state index in [2.05, 4.69) is 5.32 Å². The Hall–Kier alpha value is -2.39. The lowest BCUT2D eigenvalue weighted by atomic mass is 10.0. The molecule has 0 aliphatic carbocycles. The smallest absolute Gasteiger partial charge is 0.224 e. The van der Waals surface area contributed by atoms with E-state index < -0.39 is 0 Å². The number of benzene rings is 2. The Morgan fingerprint density at radius 1 is 1.13 bits per heavy atom. The number of amides is 1. The lowest BCUT2D eigenvalue weighted by Crippen LogP contribution is -2.09. The summed E-state index contributed by atoms with van der Waals surface area (Å²) in [6.07, 6.45) is 0.457. The van der Waals surface area contributed by atoms with Crippen molar-refractivity contribution in [2.45, 2.75) is 20.3 Å². The molecule has 3 rings (SSSR count). The molecular formula is C19H17ClN2O. The van der Waals surface area contributed by atoms with Crippen LogP contribution in [0.5, 0.6) is 0 Å². The summed E-state index contributed by atoms with van der Waals surface area (Å²) in [5.41, 5.74) is 4.41. The predicted octanol–water partition coefficient (Wildman–Crippen LogP) is 5.21. The number of fused-ring (bicyclic) bond motifs is 1. The highest BCUT2D eigenvalue weighted by atomic mass is 35.5. The molecule has 116 valence electrons. The first-order valence-electron chi connectivity index (χ1n) is 7.55. The number of carbonyl (C=O) groups excluding carboxylic acids is 1. The molecule has 0 spiro atoms. The number of nitrogens with one attached hydrogen (secondary N) is 1. The molecule has 1 N–H and O–H groups in total. The second-order valence-corrected chi connectivity index (χ2v) is 5.77. The number of rotatable bonds is 3. The third kappa shape index (κ3) is 3.06. The van der Waals surface area contributed by atoms with Gasteiger partial charge in [-0.3, -0.25) is 4.79 Å². The van der Waals surface area contributed by atoms with Crippen LogP contribution in [0.25, 0.3) is 22.2 Å². The van der Waals surface area contributed by atoms with Gasteiger partial charge >= 0.3 is 0 Å². The number of carbonyl (C=O) groups is 1. The SMILES string of the molecule is CCC(=O)Nc1ccc(-c2nc3ccccc3c(C)c2Cl)cc1. The summed E-state index contributed by atoms with van der Waals surface area (Å²) < 4.78 is 0. The molecule has 3 aromatic rings. The zero-order valence-electron chi connectivity index (χ0n) is 13.1. The molecule has 0 aliphatic heterocycles. The summed E-state index contributed by atoms with van der Waals surface area (Å²) in [6, 6.07) is 15.5. The van der Waals surface area contributed by atoms with Crippen molar-refractivity contribution in [3.05, 3.63) is 59.1 Å². The van der Waals surface area contributed by atoms with Gasteiger partial charge in [-0.05, 0) is 30.7 Å². The van der Waals surface area contributed by atoms with Crippen LogP contribution in [0.1, 0.15) is 18.9 Å². The van der Waals surface area contributed by atoms with Crippen molar-refractivity contribution < 1.29 is 4.79 Å². The number of aromatic nitrogens is 1. The summed E-state index contributed by atoms with van der Waals surface area (Å²) >= 11 is 6.52. The summed E-state index contributed by atoms with van der Waals surface area (Å²) in [7, 11) is 0. The largest absolute Gasteiger partial charge is 0.326 e. The predicted molar refractivity (Wildman–Crippen MR) is 95.8 cm³/mol. The zero-order chi connectivity index (χ0) is 16.4. The molecule has 0 bridgehead atoms. The van der Waals surface area contributed by atoms with Crippen LogP contribution >= 0.6 is 11.6 Å². The molecule has 3 nitrogen and oxygen atoms in total. The normalized spacial score (nSPS) is 10.7. The third-order valence-corrected chi connectivity index (χ3v) is 4.30. The summed E-state index contributed by atoms with van der Waals surface area (Å²) in [6.45, 7) is 3.83. The lowest BCUT2D eigenvalue weighted by molar-refractivity contribution is -0.115. The number of halogens is 1. The molecule has 23 heavy (non-hydrogen) atoms. The molecule has 0 fully saturated rings. The Morgan fingerprint density at radius 2 is 1.83 bits per heavy atom. The van der Waals surface area contributed by atoms with Crippen molar-refractivity contribution in [1.82, 2.24) is 4.98 Å². The fourth-order valence-corrected chi connectivity index (χ4v) is 2.76. The Labute approximate surface area is 140 Å². The van der Waals surface area contributed by atoms with E-state index in [1.54, 1.807) is 0 Å². The molecule has 1 aromatic heterocycles. The monoisotopic (exact) mass is 324 g/mol. The molecule has 0 saturated heterocycles. The minimum absolute atomic E-state index is 0.00421. The third-order valence-electron chi connectivity index (χ3n) is 3.84. The van der Waals surface area contributed by atoms with Gasteiger partial charge in [-0.15, -0.1) is 0 Å². The number of anilines is 1. The second kappa shape index (κ2) is 6.39. The van der Waals surface area contributed by atoms with Crippen LogP contribution in [0, 0.1) is 6.92 Å². The van der Waals surface area contributed by atoms with Gasteiger partial charge in [0, 0.05) is 23.1 Å². The van der Waals surface area contributed by atoms with E-state index >= 15 is 0 Å². The number of hydrogen-bond donors (Lipinski definition) is 1. The van der Waals surface area contributed by atoms with Gasteiger partial charge in [0.15, 0.2) is 0 Å². The Kier molecular flexibility index (Phi) is 4.30. The van der Waals surface area contributed by atoms with Crippen molar-refractivity contribution in [3.8, 4) is 11.3 Å². The van der Waals surface area contributed by atoms with Crippen molar-refractivity contribution >= 4 is 34.1 Å². The van der Waals surface area contributed by atoms with Crippen LogP contribution in [-0.2, 0) is 4.79 Å². The number of hydrogen-bond acceptors (Lipinski definition) is 2. The lowest BCUT2D eigenvalue weighted by Gasteiger charge is -2.11. The fraction of sp³-hybridized carbons (Fsp3) is 0.158. The Balaban J connectivity index is 2.03. The maximum Gasteiger partial charge on any atom is 0.224 e. The molecule has 1 amide bonds. The Bertz CT molecular complexity index is 872. The summed E-state index contributed by atoms with van der Waals surface area (Å²) in [5, 5.41) is 4.56. The van der Waals surface area contributed by atoms with Gasteiger partial charge in [0.25, 0.3) is 0 Å². The van der Waals surface area contributed by atoms with Gasteiger partial charge in [-0.1, -0.05) is 48.9 Å². The van der Waals surface area contributed by atoms with Crippen LogP contribution in [0.2, 0.25) is 5.02 Å². The minimum Gasteiger partial charge on any atom is -0.326 e. The van der Waals surface area contributed by atoms with Crippen molar-refractivity contribution in [3.63, 3.8) is 0 Å². The van der Waals surface area contributed by atoms with E-state index in [9.17, 15) is 4.79 Å². The fourth-order valence-electron chi connectivity index (χ4n) is 2.51. The standard InChI is InChI=1S/C19H17ClN2O/c1-3-17(23)21-14-10-8-13(9-11-14)19-18(20)12(2)15-6-4-5-7-16(15)22-19/h4-11H,3H2,1-2H3,(H,21,23). The average Bonchev–Trinajstić information content (AvgIpc) is 2.59. The maximum atomic E-state index is 11.4. The first-order valence-corrected chi connectivity index (χ1v) is 7.93. The number of aryl methyl sites for hydroxylation is 1. The highest BCUT2D eigenvalue weighted by Gasteiger charge is 2.12. The van der Waals surface area contributed by atoms with Crippen molar-refractivity contribution in [1.29, 1.82) is 0 Å². The summed E-state index contributed by atoms with van der Waals surface area (Å²) in [4.78, 5) is 16.1. The maximum absolute atomic E-state index is 11.4. The van der Waals surface area contributed by atoms with Gasteiger partial charge < -0.3 is 5.32 Å². The van der Waals surface area contributed by atoms with Crippen molar-refractivity contribution in [2.75, 3.05) is 5.32 Å². The van der Waals surface area contributed by atoms with E-state index in [4.69, 9.17) is 16.6 Å². The molecule has 0 radical (unpaired) electrons. The number of pyridine rings is 1.